The number of aromatic carboxylic acids is 1. The SMILES string of the molecule is Cc1cc2c(C(=O)O)ccc(N)c2o1. The highest BCUT2D eigenvalue weighted by Gasteiger charge is 2.13. The van der Waals surface area contributed by atoms with E-state index in [2.05, 4.69) is 0 Å². The Bertz CT molecular complexity index is 513. The van der Waals surface area contributed by atoms with Gasteiger partial charge < -0.3 is 15.3 Å². The zero-order valence-electron chi connectivity index (χ0n) is 7.57. The molecular weight excluding hydrogens is 182 g/mol. The molecule has 14 heavy (non-hydrogen) atoms. The van der Waals surface area contributed by atoms with E-state index in [0.717, 1.165) is 0 Å². The molecule has 0 saturated carbocycles. The summed E-state index contributed by atoms with van der Waals surface area (Å²) in [6.45, 7) is 1.76. The van der Waals surface area contributed by atoms with E-state index in [1.807, 2.05) is 0 Å². The Kier molecular flexibility index (Phi) is 1.70. The minimum Gasteiger partial charge on any atom is -0.478 e. The van der Waals surface area contributed by atoms with E-state index in [0.29, 0.717) is 22.4 Å². The molecule has 2 rings (SSSR count). The summed E-state index contributed by atoms with van der Waals surface area (Å²) in [5.74, 6) is -0.323. The number of carbonyl (C=O) groups is 1. The van der Waals surface area contributed by atoms with Gasteiger partial charge in [-0.25, -0.2) is 4.79 Å². The van der Waals surface area contributed by atoms with Gasteiger partial charge in [0.25, 0.3) is 0 Å². The molecule has 0 saturated heterocycles. The molecule has 0 unspecified atom stereocenters. The summed E-state index contributed by atoms with van der Waals surface area (Å²) in [6.07, 6.45) is 0. The summed E-state index contributed by atoms with van der Waals surface area (Å²) < 4.78 is 5.30. The number of carboxylic acids is 1. The molecule has 0 aliphatic heterocycles. The molecule has 1 heterocycles. The monoisotopic (exact) mass is 191 g/mol. The number of benzene rings is 1. The Hall–Kier alpha value is -1.97. The van der Waals surface area contributed by atoms with Gasteiger partial charge in [-0.2, -0.15) is 0 Å². The van der Waals surface area contributed by atoms with Crippen LogP contribution in [-0.4, -0.2) is 11.1 Å². The van der Waals surface area contributed by atoms with Gasteiger partial charge in [-0.15, -0.1) is 0 Å². The zero-order chi connectivity index (χ0) is 10.3. The van der Waals surface area contributed by atoms with Crippen molar-refractivity contribution in [3.63, 3.8) is 0 Å². The fourth-order valence-corrected chi connectivity index (χ4v) is 1.45. The van der Waals surface area contributed by atoms with E-state index in [-0.39, 0.29) is 5.56 Å². The fourth-order valence-electron chi connectivity index (χ4n) is 1.45. The molecule has 0 radical (unpaired) electrons. The number of aryl methyl sites for hydroxylation is 1. The summed E-state index contributed by atoms with van der Waals surface area (Å²) >= 11 is 0. The van der Waals surface area contributed by atoms with Crippen molar-refractivity contribution in [3.05, 3.63) is 29.5 Å². The maximum Gasteiger partial charge on any atom is 0.336 e. The zero-order valence-corrected chi connectivity index (χ0v) is 7.57. The highest BCUT2D eigenvalue weighted by Crippen LogP contribution is 2.27. The van der Waals surface area contributed by atoms with Gasteiger partial charge in [0.15, 0.2) is 5.58 Å². The average molecular weight is 191 g/mol. The van der Waals surface area contributed by atoms with Gasteiger partial charge in [-0.05, 0) is 25.1 Å². The number of hydrogen-bond acceptors (Lipinski definition) is 3. The van der Waals surface area contributed by atoms with Crippen molar-refractivity contribution in [3.8, 4) is 0 Å². The van der Waals surface area contributed by atoms with Crippen molar-refractivity contribution in [1.29, 1.82) is 0 Å². The van der Waals surface area contributed by atoms with Crippen molar-refractivity contribution in [1.82, 2.24) is 0 Å². The van der Waals surface area contributed by atoms with E-state index in [4.69, 9.17) is 15.3 Å². The van der Waals surface area contributed by atoms with Crippen LogP contribution in [0.15, 0.2) is 22.6 Å². The molecular formula is C10H9NO3. The number of rotatable bonds is 1. The maximum atomic E-state index is 10.9. The smallest absolute Gasteiger partial charge is 0.336 e. The van der Waals surface area contributed by atoms with Crippen molar-refractivity contribution >= 4 is 22.6 Å². The van der Waals surface area contributed by atoms with Crippen LogP contribution in [0.25, 0.3) is 11.0 Å². The lowest BCUT2D eigenvalue weighted by Gasteiger charge is -1.98. The third-order valence-electron chi connectivity index (χ3n) is 2.07. The standard InChI is InChI=1S/C10H9NO3/c1-5-4-7-6(10(12)13)2-3-8(11)9(7)14-5/h2-4H,11H2,1H3,(H,12,13). The average Bonchev–Trinajstić information content (AvgIpc) is 2.47. The Morgan fingerprint density at radius 1 is 1.50 bits per heavy atom. The van der Waals surface area contributed by atoms with E-state index in [1.165, 1.54) is 12.1 Å². The van der Waals surface area contributed by atoms with Crippen molar-refractivity contribution in [2.75, 3.05) is 5.73 Å². The van der Waals surface area contributed by atoms with Crippen LogP contribution in [0.1, 0.15) is 16.1 Å². The molecule has 2 aromatic rings. The summed E-state index contributed by atoms with van der Waals surface area (Å²) in [7, 11) is 0. The lowest BCUT2D eigenvalue weighted by Crippen LogP contribution is -1.97. The first-order chi connectivity index (χ1) is 6.59. The van der Waals surface area contributed by atoms with E-state index < -0.39 is 5.97 Å². The Morgan fingerprint density at radius 2 is 2.21 bits per heavy atom. The second-order valence-corrected chi connectivity index (χ2v) is 3.11. The quantitative estimate of drug-likeness (QED) is 0.676. The number of furan rings is 1. The van der Waals surface area contributed by atoms with Gasteiger partial charge in [-0.1, -0.05) is 0 Å². The van der Waals surface area contributed by atoms with Crippen LogP contribution in [0, 0.1) is 6.92 Å². The Morgan fingerprint density at radius 3 is 2.86 bits per heavy atom. The largest absolute Gasteiger partial charge is 0.478 e. The minimum absolute atomic E-state index is 0.214. The molecule has 0 aliphatic carbocycles. The molecule has 1 aromatic heterocycles. The lowest BCUT2D eigenvalue weighted by atomic mass is 10.1. The predicted molar refractivity (Wildman–Crippen MR) is 52.3 cm³/mol. The molecule has 0 amide bonds. The van der Waals surface area contributed by atoms with Crippen LogP contribution in [0.4, 0.5) is 5.69 Å². The summed E-state index contributed by atoms with van der Waals surface area (Å²) in [4.78, 5) is 10.9. The number of anilines is 1. The van der Waals surface area contributed by atoms with Crippen molar-refractivity contribution < 1.29 is 14.3 Å². The lowest BCUT2D eigenvalue weighted by molar-refractivity contribution is 0.0699. The molecule has 1 aromatic carbocycles. The molecule has 0 bridgehead atoms. The highest BCUT2D eigenvalue weighted by molar-refractivity contribution is 6.05. The van der Waals surface area contributed by atoms with Crippen LogP contribution in [0.5, 0.6) is 0 Å². The van der Waals surface area contributed by atoms with Gasteiger partial charge >= 0.3 is 5.97 Å². The van der Waals surface area contributed by atoms with Crippen LogP contribution < -0.4 is 5.73 Å². The third kappa shape index (κ3) is 1.12. The molecule has 0 atom stereocenters. The van der Waals surface area contributed by atoms with Gasteiger partial charge in [0.2, 0.25) is 0 Å². The first-order valence-electron chi connectivity index (χ1n) is 4.11. The number of fused-ring (bicyclic) bond motifs is 1. The first-order valence-corrected chi connectivity index (χ1v) is 4.11. The molecule has 72 valence electrons. The van der Waals surface area contributed by atoms with Crippen molar-refractivity contribution in [2.45, 2.75) is 6.92 Å². The fraction of sp³-hybridized carbons (Fsp3) is 0.100. The topological polar surface area (TPSA) is 76.5 Å². The minimum atomic E-state index is -0.976. The highest BCUT2D eigenvalue weighted by atomic mass is 16.4. The molecule has 3 N–H and O–H groups in total. The summed E-state index contributed by atoms with van der Waals surface area (Å²) in [6, 6.07) is 4.69. The molecule has 0 spiro atoms. The van der Waals surface area contributed by atoms with Crippen LogP contribution in [0.3, 0.4) is 0 Å². The summed E-state index contributed by atoms with van der Waals surface area (Å²) in [5.41, 5.74) is 6.77. The Balaban J connectivity index is 2.87. The van der Waals surface area contributed by atoms with Gasteiger partial charge in [-0.3, -0.25) is 0 Å². The normalized spacial score (nSPS) is 10.6. The van der Waals surface area contributed by atoms with E-state index in [1.54, 1.807) is 13.0 Å². The van der Waals surface area contributed by atoms with E-state index in [9.17, 15) is 4.79 Å². The van der Waals surface area contributed by atoms with Gasteiger partial charge in [0, 0.05) is 5.39 Å². The number of nitrogen functional groups attached to an aromatic ring is 1. The van der Waals surface area contributed by atoms with E-state index >= 15 is 0 Å². The summed E-state index contributed by atoms with van der Waals surface area (Å²) in [5, 5.41) is 9.45. The Labute approximate surface area is 79.9 Å². The number of nitrogens with two attached hydrogens (primary N) is 1. The number of hydrogen-bond donors (Lipinski definition) is 2. The number of carboxylic acid groups (broad SMARTS) is 1. The molecule has 0 aliphatic rings. The second kappa shape index (κ2) is 2.77. The predicted octanol–water partition coefficient (Wildman–Crippen LogP) is 2.02. The van der Waals surface area contributed by atoms with Crippen LogP contribution in [-0.2, 0) is 0 Å². The molecule has 4 heteroatoms. The van der Waals surface area contributed by atoms with Gasteiger partial charge in [0.1, 0.15) is 5.76 Å². The third-order valence-corrected chi connectivity index (χ3v) is 2.07. The van der Waals surface area contributed by atoms with Crippen molar-refractivity contribution in [2.24, 2.45) is 0 Å². The molecule has 4 nitrogen and oxygen atoms in total. The second-order valence-electron chi connectivity index (χ2n) is 3.11. The maximum absolute atomic E-state index is 10.9. The van der Waals surface area contributed by atoms with Gasteiger partial charge in [0.05, 0.1) is 11.3 Å². The molecule has 0 fully saturated rings. The van der Waals surface area contributed by atoms with Crippen LogP contribution >= 0.6 is 0 Å². The van der Waals surface area contributed by atoms with Crippen LogP contribution in [0.2, 0.25) is 0 Å². The first kappa shape index (κ1) is 8.62.